The summed E-state index contributed by atoms with van der Waals surface area (Å²) in [7, 11) is 0. The van der Waals surface area contributed by atoms with Crippen LogP contribution in [0.4, 0.5) is 18.0 Å². The Morgan fingerprint density at radius 1 is 1.12 bits per heavy atom. The average molecular weight is 363 g/mol. The second-order valence-corrected chi connectivity index (χ2v) is 7.73. The van der Waals surface area contributed by atoms with Crippen molar-refractivity contribution in [1.29, 1.82) is 0 Å². The van der Waals surface area contributed by atoms with E-state index in [2.05, 4.69) is 22.5 Å². The van der Waals surface area contributed by atoms with E-state index in [-0.39, 0.29) is 24.9 Å². The molecule has 2 aliphatic rings. The zero-order chi connectivity index (χ0) is 18.3. The third-order valence-electron chi connectivity index (χ3n) is 5.54. The first-order valence-corrected chi connectivity index (χ1v) is 9.68. The van der Waals surface area contributed by atoms with E-state index in [1.54, 1.807) is 0 Å². The number of carbonyl (C=O) groups is 1. The molecule has 2 amide bonds. The first-order valence-electron chi connectivity index (χ1n) is 9.68. The molecule has 0 bridgehead atoms. The zero-order valence-electron chi connectivity index (χ0n) is 15.2. The minimum atomic E-state index is -4.15. The first kappa shape index (κ1) is 20.3. The molecule has 1 aliphatic heterocycles. The molecule has 2 N–H and O–H groups in total. The lowest BCUT2D eigenvalue weighted by Gasteiger charge is -2.31. The Labute approximate surface area is 148 Å². The maximum atomic E-state index is 12.8. The van der Waals surface area contributed by atoms with Crippen LogP contribution in [0.5, 0.6) is 0 Å². The molecular weight excluding hydrogens is 331 g/mol. The number of piperidine rings is 1. The van der Waals surface area contributed by atoms with E-state index >= 15 is 0 Å². The summed E-state index contributed by atoms with van der Waals surface area (Å²) in [6.07, 6.45) is 1.65. The maximum Gasteiger partial charge on any atom is 0.391 e. The van der Waals surface area contributed by atoms with Gasteiger partial charge in [-0.1, -0.05) is 13.3 Å². The third-order valence-corrected chi connectivity index (χ3v) is 5.54. The predicted molar refractivity (Wildman–Crippen MR) is 92.4 cm³/mol. The summed E-state index contributed by atoms with van der Waals surface area (Å²) in [6, 6.07) is -0.699. The van der Waals surface area contributed by atoms with Crippen LogP contribution in [0.15, 0.2) is 0 Å². The average Bonchev–Trinajstić information content (AvgIpc) is 2.56. The number of nitrogens with zero attached hydrogens (tertiary/aromatic N) is 1. The van der Waals surface area contributed by atoms with E-state index in [1.807, 2.05) is 0 Å². The third kappa shape index (κ3) is 7.42. The van der Waals surface area contributed by atoms with Gasteiger partial charge in [-0.15, -0.1) is 0 Å². The summed E-state index contributed by atoms with van der Waals surface area (Å²) in [6.45, 7) is 6.26. The molecule has 2 atom stereocenters. The van der Waals surface area contributed by atoms with Gasteiger partial charge >= 0.3 is 12.2 Å². The normalized spacial score (nSPS) is 26.4. The van der Waals surface area contributed by atoms with Gasteiger partial charge in [0, 0.05) is 12.6 Å². The number of carbonyl (C=O) groups excluding carboxylic acids is 1. The summed E-state index contributed by atoms with van der Waals surface area (Å²) in [5.74, 6) is -0.447. The van der Waals surface area contributed by atoms with Crippen molar-refractivity contribution in [1.82, 2.24) is 15.5 Å². The fourth-order valence-electron chi connectivity index (χ4n) is 3.80. The predicted octanol–water partition coefficient (Wildman–Crippen LogP) is 3.92. The summed E-state index contributed by atoms with van der Waals surface area (Å²) < 4.78 is 38.3. The van der Waals surface area contributed by atoms with Crippen LogP contribution in [-0.2, 0) is 0 Å². The Balaban J connectivity index is 1.53. The highest BCUT2D eigenvalue weighted by Crippen LogP contribution is 2.37. The second kappa shape index (κ2) is 9.64. The number of alkyl halides is 3. The van der Waals surface area contributed by atoms with E-state index in [0.717, 1.165) is 38.4 Å². The van der Waals surface area contributed by atoms with Crippen LogP contribution < -0.4 is 10.6 Å². The topological polar surface area (TPSA) is 44.4 Å². The van der Waals surface area contributed by atoms with Crippen molar-refractivity contribution in [2.24, 2.45) is 11.8 Å². The fourth-order valence-corrected chi connectivity index (χ4v) is 3.80. The minimum absolute atomic E-state index is 0.00427. The van der Waals surface area contributed by atoms with Gasteiger partial charge < -0.3 is 15.5 Å². The van der Waals surface area contributed by atoms with Crippen LogP contribution >= 0.6 is 0 Å². The number of unbranched alkanes of at least 4 members (excludes halogenated alkanes) is 1. The van der Waals surface area contributed by atoms with Crippen LogP contribution in [0.1, 0.15) is 58.3 Å². The number of halogens is 3. The summed E-state index contributed by atoms with van der Waals surface area (Å²) in [5.41, 5.74) is 0. The van der Waals surface area contributed by atoms with Crippen LogP contribution in [-0.4, -0.2) is 49.3 Å². The van der Waals surface area contributed by atoms with Crippen molar-refractivity contribution in [3.05, 3.63) is 0 Å². The number of nitrogens with one attached hydrogen (secondary N) is 2. The molecule has 25 heavy (non-hydrogen) atoms. The number of hydrogen-bond donors (Lipinski definition) is 2. The molecule has 1 heterocycles. The largest absolute Gasteiger partial charge is 0.391 e. The molecule has 2 fully saturated rings. The van der Waals surface area contributed by atoms with Crippen molar-refractivity contribution >= 4 is 6.03 Å². The molecule has 1 saturated carbocycles. The van der Waals surface area contributed by atoms with E-state index < -0.39 is 12.1 Å². The second-order valence-electron chi connectivity index (χ2n) is 7.73. The highest BCUT2D eigenvalue weighted by Gasteiger charge is 2.42. The summed E-state index contributed by atoms with van der Waals surface area (Å²) in [5, 5.41) is 5.48. The van der Waals surface area contributed by atoms with Crippen molar-refractivity contribution in [3.8, 4) is 0 Å². The van der Waals surface area contributed by atoms with Gasteiger partial charge in [-0.05, 0) is 70.5 Å². The van der Waals surface area contributed by atoms with Crippen molar-refractivity contribution in [3.63, 3.8) is 0 Å². The number of amides is 2. The molecule has 0 spiro atoms. The summed E-state index contributed by atoms with van der Waals surface area (Å²) in [4.78, 5) is 14.3. The van der Waals surface area contributed by atoms with Gasteiger partial charge in [-0.3, -0.25) is 0 Å². The molecular formula is C18H32F3N3O. The number of rotatable bonds is 6. The Morgan fingerprint density at radius 3 is 2.52 bits per heavy atom. The fraction of sp³-hybridized carbons (Fsp3) is 0.944. The Kier molecular flexibility index (Phi) is 7.84. The van der Waals surface area contributed by atoms with E-state index in [0.29, 0.717) is 19.4 Å². The molecule has 1 aliphatic carbocycles. The Morgan fingerprint density at radius 2 is 1.84 bits per heavy atom. The molecule has 7 heteroatoms. The Hall–Kier alpha value is -0.980. The quantitative estimate of drug-likeness (QED) is 0.703. The van der Waals surface area contributed by atoms with E-state index in [1.165, 1.54) is 12.8 Å². The lowest BCUT2D eigenvalue weighted by Crippen LogP contribution is -2.46. The zero-order valence-corrected chi connectivity index (χ0v) is 15.2. The molecule has 0 radical (unpaired) electrons. The highest BCUT2D eigenvalue weighted by atomic mass is 19.4. The van der Waals surface area contributed by atoms with Crippen molar-refractivity contribution in [2.75, 3.05) is 26.2 Å². The monoisotopic (exact) mass is 363 g/mol. The number of likely N-dealkylation sites (tertiary alicyclic amines) is 1. The van der Waals surface area contributed by atoms with Crippen LogP contribution in [0.3, 0.4) is 0 Å². The van der Waals surface area contributed by atoms with Crippen LogP contribution in [0.25, 0.3) is 0 Å². The van der Waals surface area contributed by atoms with E-state index in [9.17, 15) is 18.0 Å². The van der Waals surface area contributed by atoms with Crippen LogP contribution in [0, 0.1) is 11.8 Å². The van der Waals surface area contributed by atoms with Crippen molar-refractivity contribution < 1.29 is 18.0 Å². The molecule has 0 aromatic rings. The summed E-state index contributed by atoms with van der Waals surface area (Å²) >= 11 is 0. The number of urea groups is 1. The molecule has 146 valence electrons. The van der Waals surface area contributed by atoms with Crippen molar-refractivity contribution in [2.45, 2.75) is 70.5 Å². The molecule has 2 rings (SSSR count). The maximum absolute atomic E-state index is 12.8. The van der Waals surface area contributed by atoms with E-state index in [4.69, 9.17) is 0 Å². The smallest absolute Gasteiger partial charge is 0.338 e. The van der Waals surface area contributed by atoms with Gasteiger partial charge in [0.15, 0.2) is 0 Å². The molecule has 2 unspecified atom stereocenters. The lowest BCUT2D eigenvalue weighted by atomic mass is 9.85. The van der Waals surface area contributed by atoms with Gasteiger partial charge in [0.25, 0.3) is 0 Å². The SMILES string of the molecule is CC1CCN(CCCCNC(=O)NC2CCCC(C(F)(F)F)C2)CC1. The molecule has 0 aromatic carbocycles. The highest BCUT2D eigenvalue weighted by molar-refractivity contribution is 5.74. The Bertz CT molecular complexity index is 409. The standard InChI is InChI=1S/C18H32F3N3O/c1-14-7-11-24(12-8-14)10-3-2-9-22-17(25)23-16-6-4-5-15(13-16)18(19,20)21/h14-16H,2-13H2,1H3,(H2,22,23,25). The van der Waals surface area contributed by atoms with Gasteiger partial charge in [-0.2, -0.15) is 13.2 Å². The molecule has 1 saturated heterocycles. The van der Waals surface area contributed by atoms with Gasteiger partial charge in [0.1, 0.15) is 0 Å². The van der Waals surface area contributed by atoms with Gasteiger partial charge in [0.2, 0.25) is 0 Å². The minimum Gasteiger partial charge on any atom is -0.338 e. The van der Waals surface area contributed by atoms with Crippen LogP contribution in [0.2, 0.25) is 0 Å². The van der Waals surface area contributed by atoms with Gasteiger partial charge in [0.05, 0.1) is 5.92 Å². The molecule has 4 nitrogen and oxygen atoms in total. The number of hydrogen-bond acceptors (Lipinski definition) is 2. The molecule has 0 aromatic heterocycles. The van der Waals surface area contributed by atoms with Gasteiger partial charge in [-0.25, -0.2) is 4.79 Å². The lowest BCUT2D eigenvalue weighted by molar-refractivity contribution is -0.183. The first-order chi connectivity index (χ1) is 11.8.